The number of non-ortho nitro benzene ring substituents is 1. The minimum Gasteiger partial charge on any atom is -0.494 e. The topological polar surface area (TPSA) is 77.3 Å². The highest BCUT2D eigenvalue weighted by Gasteiger charge is 2.08. The van der Waals surface area contributed by atoms with Gasteiger partial charge >= 0.3 is 0 Å². The first-order valence-corrected chi connectivity index (χ1v) is 7.62. The Morgan fingerprint density at radius 1 is 1.17 bits per heavy atom. The van der Waals surface area contributed by atoms with Gasteiger partial charge in [-0.15, -0.1) is 0 Å². The summed E-state index contributed by atoms with van der Waals surface area (Å²) in [6, 6.07) is 14.0. The Morgan fingerprint density at radius 3 is 2.58 bits per heavy atom. The number of aromatic nitrogens is 1. The van der Waals surface area contributed by atoms with Gasteiger partial charge in [0.1, 0.15) is 5.75 Å². The van der Waals surface area contributed by atoms with Crippen LogP contribution in [0.1, 0.15) is 12.6 Å². The summed E-state index contributed by atoms with van der Waals surface area (Å²) in [5.41, 5.74) is 3.47. The molecule has 0 fully saturated rings. The molecule has 0 radical (unpaired) electrons. The van der Waals surface area contributed by atoms with E-state index in [1.165, 1.54) is 12.1 Å². The lowest BCUT2D eigenvalue weighted by Crippen LogP contribution is -1.97. The first-order chi connectivity index (χ1) is 11.6. The summed E-state index contributed by atoms with van der Waals surface area (Å²) in [6.45, 7) is 4.46. The number of nitro groups is 1. The van der Waals surface area contributed by atoms with Crippen molar-refractivity contribution < 1.29 is 9.66 Å². The number of anilines is 2. The van der Waals surface area contributed by atoms with E-state index < -0.39 is 4.92 Å². The third kappa shape index (κ3) is 3.27. The molecule has 0 saturated heterocycles. The van der Waals surface area contributed by atoms with Crippen LogP contribution in [0.15, 0.2) is 48.5 Å². The van der Waals surface area contributed by atoms with E-state index in [1.807, 2.05) is 38.1 Å². The summed E-state index contributed by atoms with van der Waals surface area (Å²) in [7, 11) is 0. The van der Waals surface area contributed by atoms with Crippen molar-refractivity contribution in [1.82, 2.24) is 4.98 Å². The molecule has 1 N–H and O–H groups in total. The highest BCUT2D eigenvalue weighted by molar-refractivity contribution is 5.94. The Labute approximate surface area is 139 Å². The normalized spacial score (nSPS) is 10.6. The second-order valence-electron chi connectivity index (χ2n) is 5.35. The molecular weight excluding hydrogens is 306 g/mol. The Morgan fingerprint density at radius 2 is 1.92 bits per heavy atom. The van der Waals surface area contributed by atoms with Gasteiger partial charge in [0.15, 0.2) is 0 Å². The van der Waals surface area contributed by atoms with Gasteiger partial charge in [-0.1, -0.05) is 0 Å². The van der Waals surface area contributed by atoms with E-state index in [2.05, 4.69) is 10.3 Å². The third-order valence-corrected chi connectivity index (χ3v) is 3.58. The smallest absolute Gasteiger partial charge is 0.269 e. The number of pyridine rings is 1. The quantitative estimate of drug-likeness (QED) is 0.548. The molecule has 0 bridgehead atoms. The van der Waals surface area contributed by atoms with Gasteiger partial charge in [0.25, 0.3) is 5.69 Å². The molecule has 6 nitrogen and oxygen atoms in total. The highest BCUT2D eigenvalue weighted by atomic mass is 16.6. The summed E-state index contributed by atoms with van der Waals surface area (Å²) in [6.07, 6.45) is 0. The standard InChI is InChI=1S/C18H17N3O3/c1-3-24-15-8-9-17-16(11-15)18(10-12(2)19-17)20-13-4-6-14(7-5-13)21(22)23/h4-11H,3H2,1-2H3,(H,19,20). The van der Waals surface area contributed by atoms with Gasteiger partial charge in [-0.2, -0.15) is 0 Å². The van der Waals surface area contributed by atoms with Crippen molar-refractivity contribution in [2.45, 2.75) is 13.8 Å². The zero-order chi connectivity index (χ0) is 17.1. The number of rotatable bonds is 5. The van der Waals surface area contributed by atoms with Crippen molar-refractivity contribution in [3.8, 4) is 5.75 Å². The predicted molar refractivity (Wildman–Crippen MR) is 94.0 cm³/mol. The second kappa shape index (κ2) is 6.54. The fourth-order valence-electron chi connectivity index (χ4n) is 2.52. The number of aryl methyl sites for hydroxylation is 1. The third-order valence-electron chi connectivity index (χ3n) is 3.58. The van der Waals surface area contributed by atoms with Gasteiger partial charge in [-0.3, -0.25) is 15.1 Å². The highest BCUT2D eigenvalue weighted by Crippen LogP contribution is 2.30. The summed E-state index contributed by atoms with van der Waals surface area (Å²) in [5, 5.41) is 15.0. The Kier molecular flexibility index (Phi) is 4.29. The molecule has 1 heterocycles. The minimum atomic E-state index is -0.413. The molecule has 0 atom stereocenters. The SMILES string of the molecule is CCOc1ccc2nc(C)cc(Nc3ccc([N+](=O)[O-])cc3)c2c1. The van der Waals surface area contributed by atoms with Gasteiger partial charge in [-0.25, -0.2) is 0 Å². The Bertz CT molecular complexity index is 892. The van der Waals surface area contributed by atoms with E-state index in [1.54, 1.807) is 12.1 Å². The molecule has 0 aliphatic carbocycles. The van der Waals surface area contributed by atoms with Crippen LogP contribution in [-0.4, -0.2) is 16.5 Å². The summed E-state index contributed by atoms with van der Waals surface area (Å²) in [5.74, 6) is 0.780. The number of nitrogens with one attached hydrogen (secondary N) is 1. The lowest BCUT2D eigenvalue weighted by Gasteiger charge is -2.12. The average Bonchev–Trinajstić information content (AvgIpc) is 2.56. The van der Waals surface area contributed by atoms with Crippen LogP contribution in [0.4, 0.5) is 17.1 Å². The van der Waals surface area contributed by atoms with Crippen LogP contribution in [0.2, 0.25) is 0 Å². The average molecular weight is 323 g/mol. The number of ether oxygens (including phenoxy) is 1. The van der Waals surface area contributed by atoms with Gasteiger partial charge in [0, 0.05) is 34.6 Å². The molecule has 0 aliphatic heterocycles. The molecular formula is C18H17N3O3. The lowest BCUT2D eigenvalue weighted by molar-refractivity contribution is -0.384. The monoisotopic (exact) mass is 323 g/mol. The van der Waals surface area contributed by atoms with Crippen molar-refractivity contribution in [3.63, 3.8) is 0 Å². The number of benzene rings is 2. The molecule has 6 heteroatoms. The first-order valence-electron chi connectivity index (χ1n) is 7.62. The summed E-state index contributed by atoms with van der Waals surface area (Å²) < 4.78 is 5.56. The van der Waals surface area contributed by atoms with Crippen molar-refractivity contribution in [3.05, 3.63) is 64.3 Å². The second-order valence-corrected chi connectivity index (χ2v) is 5.35. The predicted octanol–water partition coefficient (Wildman–Crippen LogP) is 4.59. The van der Waals surface area contributed by atoms with Gasteiger partial charge in [0.05, 0.1) is 17.0 Å². The van der Waals surface area contributed by atoms with Crippen molar-refractivity contribution in [1.29, 1.82) is 0 Å². The number of nitrogens with zero attached hydrogens (tertiary/aromatic N) is 2. The molecule has 24 heavy (non-hydrogen) atoms. The van der Waals surface area contributed by atoms with Gasteiger partial charge in [0.2, 0.25) is 0 Å². The molecule has 0 amide bonds. The van der Waals surface area contributed by atoms with Crippen LogP contribution < -0.4 is 10.1 Å². The van der Waals surface area contributed by atoms with Crippen LogP contribution in [-0.2, 0) is 0 Å². The number of hydrogen-bond donors (Lipinski definition) is 1. The molecule has 3 aromatic rings. The zero-order valence-electron chi connectivity index (χ0n) is 13.4. The van der Waals surface area contributed by atoms with Gasteiger partial charge < -0.3 is 10.1 Å². The van der Waals surface area contributed by atoms with Crippen LogP contribution in [0, 0.1) is 17.0 Å². The van der Waals surface area contributed by atoms with Crippen LogP contribution in [0.25, 0.3) is 10.9 Å². The number of nitro benzene ring substituents is 1. The van der Waals surface area contributed by atoms with E-state index in [0.717, 1.165) is 33.7 Å². The molecule has 0 unspecified atom stereocenters. The van der Waals surface area contributed by atoms with Crippen molar-refractivity contribution in [2.24, 2.45) is 0 Å². The van der Waals surface area contributed by atoms with Crippen LogP contribution >= 0.6 is 0 Å². The van der Waals surface area contributed by atoms with Gasteiger partial charge in [-0.05, 0) is 50.2 Å². The fourth-order valence-corrected chi connectivity index (χ4v) is 2.52. The summed E-state index contributed by atoms with van der Waals surface area (Å²) >= 11 is 0. The van der Waals surface area contributed by atoms with E-state index in [9.17, 15) is 10.1 Å². The minimum absolute atomic E-state index is 0.0648. The summed E-state index contributed by atoms with van der Waals surface area (Å²) in [4.78, 5) is 14.9. The zero-order valence-corrected chi connectivity index (χ0v) is 13.4. The van der Waals surface area contributed by atoms with E-state index in [4.69, 9.17) is 4.74 Å². The molecule has 0 aliphatic rings. The molecule has 0 saturated carbocycles. The van der Waals surface area contributed by atoms with E-state index in [-0.39, 0.29) is 5.69 Å². The number of hydrogen-bond acceptors (Lipinski definition) is 5. The largest absolute Gasteiger partial charge is 0.494 e. The van der Waals surface area contributed by atoms with Crippen LogP contribution in [0.3, 0.4) is 0 Å². The molecule has 2 aromatic carbocycles. The van der Waals surface area contributed by atoms with Crippen LogP contribution in [0.5, 0.6) is 5.75 Å². The fraction of sp³-hybridized carbons (Fsp3) is 0.167. The number of fused-ring (bicyclic) bond motifs is 1. The maximum Gasteiger partial charge on any atom is 0.269 e. The Balaban J connectivity index is 2.00. The molecule has 0 spiro atoms. The van der Waals surface area contributed by atoms with Crippen molar-refractivity contribution >= 4 is 28.0 Å². The Hall–Kier alpha value is -3.15. The first kappa shape index (κ1) is 15.7. The van der Waals surface area contributed by atoms with E-state index in [0.29, 0.717) is 6.61 Å². The molecule has 122 valence electrons. The molecule has 1 aromatic heterocycles. The maximum atomic E-state index is 10.8. The maximum absolute atomic E-state index is 10.8. The van der Waals surface area contributed by atoms with Crippen molar-refractivity contribution in [2.75, 3.05) is 11.9 Å². The van der Waals surface area contributed by atoms with E-state index >= 15 is 0 Å². The lowest BCUT2D eigenvalue weighted by atomic mass is 10.1. The molecule has 3 rings (SSSR count).